The van der Waals surface area contributed by atoms with Crippen LogP contribution in [0.2, 0.25) is 0 Å². The lowest BCUT2D eigenvalue weighted by molar-refractivity contribution is -0.118. The summed E-state index contributed by atoms with van der Waals surface area (Å²) in [6.07, 6.45) is 5.63. The van der Waals surface area contributed by atoms with Crippen LogP contribution in [-0.2, 0) is 11.4 Å². The third kappa shape index (κ3) is 4.24. The zero-order valence-corrected chi connectivity index (χ0v) is 16.2. The number of amides is 3. The van der Waals surface area contributed by atoms with E-state index in [0.29, 0.717) is 17.7 Å². The predicted octanol–water partition coefficient (Wildman–Crippen LogP) is 2.40. The van der Waals surface area contributed by atoms with Gasteiger partial charge in [-0.15, -0.1) is 0 Å². The third-order valence-electron chi connectivity index (χ3n) is 5.65. The average molecular weight is 390 g/mol. The molecule has 27 heavy (non-hydrogen) atoms. The molecule has 0 aromatic heterocycles. The number of rotatable bonds is 8. The van der Waals surface area contributed by atoms with Gasteiger partial charge in [-0.05, 0) is 43.4 Å². The van der Waals surface area contributed by atoms with Crippen molar-refractivity contribution in [1.82, 2.24) is 10.6 Å². The molecule has 0 unspecified atom stereocenters. The first-order valence-electron chi connectivity index (χ1n) is 9.86. The number of benzene rings is 1. The van der Waals surface area contributed by atoms with Gasteiger partial charge in [0.2, 0.25) is 5.91 Å². The van der Waals surface area contributed by atoms with Gasteiger partial charge >= 0.3 is 6.03 Å². The summed E-state index contributed by atoms with van der Waals surface area (Å²) in [6.45, 7) is 0.0225. The van der Waals surface area contributed by atoms with Crippen LogP contribution in [0, 0.1) is 0 Å². The molecule has 2 aliphatic heterocycles. The number of thioether (sulfide) groups is 1. The Hall–Kier alpha value is -1.73. The molecular formula is C20H27N3O3S. The molecule has 3 fully saturated rings. The number of aliphatic hydroxyl groups excluding tert-OH is 1. The zero-order valence-electron chi connectivity index (χ0n) is 15.4. The molecule has 2 heterocycles. The lowest BCUT2D eigenvalue weighted by Gasteiger charge is -2.23. The Morgan fingerprint density at radius 3 is 2.67 bits per heavy atom. The van der Waals surface area contributed by atoms with Gasteiger partial charge in [0.15, 0.2) is 0 Å². The molecule has 2 saturated heterocycles. The zero-order chi connectivity index (χ0) is 18.8. The summed E-state index contributed by atoms with van der Waals surface area (Å²) in [5.74, 6) is 1.17. The number of urea groups is 1. The first-order valence-corrected chi connectivity index (χ1v) is 10.9. The summed E-state index contributed by atoms with van der Waals surface area (Å²) in [6, 6.07) is 8.44. The smallest absolute Gasteiger partial charge is 0.315 e. The van der Waals surface area contributed by atoms with Crippen molar-refractivity contribution in [3.05, 3.63) is 29.8 Å². The quantitative estimate of drug-likeness (QED) is 0.471. The fourth-order valence-electron chi connectivity index (χ4n) is 4.04. The van der Waals surface area contributed by atoms with E-state index in [1.54, 1.807) is 0 Å². The van der Waals surface area contributed by atoms with E-state index in [0.717, 1.165) is 49.1 Å². The molecule has 7 heteroatoms. The Bertz CT molecular complexity index is 692. The summed E-state index contributed by atoms with van der Waals surface area (Å²) in [5.41, 5.74) is 1.80. The molecule has 3 amide bonds. The number of hydrogen-bond acceptors (Lipinski definition) is 4. The fourth-order valence-corrected chi connectivity index (χ4v) is 5.58. The van der Waals surface area contributed by atoms with Crippen LogP contribution in [0.4, 0.5) is 10.5 Å². The van der Waals surface area contributed by atoms with E-state index in [9.17, 15) is 14.7 Å². The molecule has 3 aliphatic rings. The van der Waals surface area contributed by atoms with Crippen LogP contribution in [0.1, 0.15) is 44.1 Å². The van der Waals surface area contributed by atoms with E-state index in [2.05, 4.69) is 10.6 Å². The van der Waals surface area contributed by atoms with Gasteiger partial charge < -0.3 is 20.6 Å². The van der Waals surface area contributed by atoms with Crippen molar-refractivity contribution in [3.8, 4) is 0 Å². The Morgan fingerprint density at radius 2 is 1.96 bits per heavy atom. The van der Waals surface area contributed by atoms with Crippen LogP contribution in [0.5, 0.6) is 0 Å². The predicted molar refractivity (Wildman–Crippen MR) is 107 cm³/mol. The summed E-state index contributed by atoms with van der Waals surface area (Å²) < 4.78 is 0. The van der Waals surface area contributed by atoms with Crippen LogP contribution in [0.15, 0.2) is 24.3 Å². The van der Waals surface area contributed by atoms with Gasteiger partial charge in [0.05, 0.1) is 18.7 Å². The van der Waals surface area contributed by atoms with E-state index in [1.165, 1.54) is 0 Å². The lowest BCUT2D eigenvalue weighted by Crippen LogP contribution is -2.36. The largest absolute Gasteiger partial charge is 0.392 e. The number of unbranched alkanes of at least 4 members (excludes halogenated alkanes) is 1. The second-order valence-corrected chi connectivity index (χ2v) is 8.96. The molecule has 1 aliphatic carbocycles. The van der Waals surface area contributed by atoms with Gasteiger partial charge in [-0.2, -0.15) is 11.8 Å². The summed E-state index contributed by atoms with van der Waals surface area (Å²) in [7, 11) is 0. The molecule has 4 rings (SSSR count). The molecule has 146 valence electrons. The van der Waals surface area contributed by atoms with Crippen molar-refractivity contribution in [2.75, 3.05) is 10.7 Å². The van der Waals surface area contributed by atoms with Gasteiger partial charge in [-0.3, -0.25) is 4.79 Å². The molecular weight excluding hydrogens is 362 g/mol. The number of fused-ring (bicyclic) bond motifs is 1. The van der Waals surface area contributed by atoms with Gasteiger partial charge in [0.1, 0.15) is 0 Å². The summed E-state index contributed by atoms with van der Waals surface area (Å²) in [5, 5.41) is 15.6. The number of nitrogens with one attached hydrogen (secondary N) is 2. The maximum absolute atomic E-state index is 12.8. The molecule has 1 aromatic carbocycles. The molecule has 6 nitrogen and oxygen atoms in total. The number of anilines is 1. The maximum Gasteiger partial charge on any atom is 0.315 e. The average Bonchev–Trinajstić information content (AvgIpc) is 3.33. The molecule has 0 spiro atoms. The van der Waals surface area contributed by atoms with E-state index in [-0.39, 0.29) is 30.6 Å². The summed E-state index contributed by atoms with van der Waals surface area (Å²) in [4.78, 5) is 26.2. The van der Waals surface area contributed by atoms with Crippen LogP contribution in [0.3, 0.4) is 0 Å². The van der Waals surface area contributed by atoms with Gasteiger partial charge in [0, 0.05) is 29.2 Å². The highest BCUT2D eigenvalue weighted by Gasteiger charge is 2.42. The first kappa shape index (κ1) is 18.6. The number of nitrogens with zero attached hydrogens (tertiary/aromatic N) is 1. The van der Waals surface area contributed by atoms with Crippen molar-refractivity contribution >= 4 is 29.4 Å². The van der Waals surface area contributed by atoms with Gasteiger partial charge in [-0.25, -0.2) is 4.79 Å². The molecule has 3 atom stereocenters. The van der Waals surface area contributed by atoms with E-state index < -0.39 is 0 Å². The van der Waals surface area contributed by atoms with E-state index in [4.69, 9.17) is 0 Å². The van der Waals surface area contributed by atoms with Crippen molar-refractivity contribution in [2.45, 2.75) is 68.5 Å². The number of aliphatic hydroxyl groups is 1. The SMILES string of the molecule is O=C1N[C@H]2[C@H](CS[C@H]2CCCCC(=O)N(c2ccc(CO)cc2)C2CC2)N1. The van der Waals surface area contributed by atoms with Gasteiger partial charge in [-0.1, -0.05) is 18.6 Å². The van der Waals surface area contributed by atoms with Crippen molar-refractivity contribution < 1.29 is 14.7 Å². The minimum atomic E-state index is -0.0437. The maximum atomic E-state index is 12.8. The lowest BCUT2D eigenvalue weighted by atomic mass is 10.0. The van der Waals surface area contributed by atoms with Crippen LogP contribution in [-0.4, -0.2) is 46.2 Å². The molecule has 1 saturated carbocycles. The molecule has 1 aromatic rings. The summed E-state index contributed by atoms with van der Waals surface area (Å²) >= 11 is 1.92. The number of carbonyl (C=O) groups is 2. The highest BCUT2D eigenvalue weighted by Crippen LogP contribution is 2.34. The highest BCUT2D eigenvalue weighted by atomic mass is 32.2. The Morgan fingerprint density at radius 1 is 1.19 bits per heavy atom. The first-order chi connectivity index (χ1) is 13.2. The molecule has 0 bridgehead atoms. The van der Waals surface area contributed by atoms with Crippen molar-refractivity contribution in [1.29, 1.82) is 0 Å². The van der Waals surface area contributed by atoms with Crippen LogP contribution < -0.4 is 15.5 Å². The molecule has 3 N–H and O–H groups in total. The second-order valence-electron chi connectivity index (χ2n) is 7.69. The monoisotopic (exact) mass is 389 g/mol. The number of hydrogen-bond donors (Lipinski definition) is 3. The normalized spacial score (nSPS) is 26.4. The van der Waals surface area contributed by atoms with Crippen molar-refractivity contribution in [3.63, 3.8) is 0 Å². The topological polar surface area (TPSA) is 81.7 Å². The van der Waals surface area contributed by atoms with Crippen LogP contribution in [0.25, 0.3) is 0 Å². The standard InChI is InChI=1S/C20H27N3O3S/c24-11-13-5-7-14(8-6-13)23(15-9-10-15)18(25)4-2-1-3-17-19-16(12-27-17)21-20(26)22-19/h5-8,15-17,19,24H,1-4,9-12H2,(H2,21,22,26)/t16-,17-,19-/m0/s1. The molecule has 0 radical (unpaired) electrons. The third-order valence-corrected chi connectivity index (χ3v) is 7.15. The second kappa shape index (κ2) is 8.10. The van der Waals surface area contributed by atoms with Gasteiger partial charge in [0.25, 0.3) is 0 Å². The highest BCUT2D eigenvalue weighted by molar-refractivity contribution is 8.00. The van der Waals surface area contributed by atoms with Crippen molar-refractivity contribution in [2.24, 2.45) is 0 Å². The van der Waals surface area contributed by atoms with Crippen LogP contribution >= 0.6 is 11.8 Å². The Labute approximate surface area is 164 Å². The minimum absolute atomic E-state index is 0.0225. The number of carbonyl (C=O) groups excluding carboxylic acids is 2. The fraction of sp³-hybridized carbons (Fsp3) is 0.600. The minimum Gasteiger partial charge on any atom is -0.392 e. The Kier molecular flexibility index (Phi) is 5.59. The van der Waals surface area contributed by atoms with E-state index in [1.807, 2.05) is 40.9 Å². The Balaban J connectivity index is 1.26. The van der Waals surface area contributed by atoms with E-state index >= 15 is 0 Å².